The molecule has 0 amide bonds. The predicted molar refractivity (Wildman–Crippen MR) is 97.2 cm³/mol. The molecule has 0 saturated carbocycles. The second-order valence-electron chi connectivity index (χ2n) is 5.73. The number of rotatable bonds is 6. The summed E-state index contributed by atoms with van der Waals surface area (Å²) in [5.74, 6) is 0.972. The second kappa shape index (κ2) is 8.47. The molecule has 0 bridgehead atoms. The van der Waals surface area contributed by atoms with E-state index in [9.17, 15) is 13.2 Å². The number of halogens is 3. The van der Waals surface area contributed by atoms with Crippen molar-refractivity contribution >= 4 is 5.96 Å². The summed E-state index contributed by atoms with van der Waals surface area (Å²) < 4.78 is 45.9. The molecule has 0 saturated heterocycles. The highest BCUT2D eigenvalue weighted by atomic mass is 19.4. The van der Waals surface area contributed by atoms with Gasteiger partial charge in [-0.15, -0.1) is 13.2 Å². The van der Waals surface area contributed by atoms with E-state index in [1.165, 1.54) is 24.3 Å². The van der Waals surface area contributed by atoms with Crippen molar-refractivity contribution in [1.82, 2.24) is 10.3 Å². The van der Waals surface area contributed by atoms with Crippen molar-refractivity contribution in [3.8, 4) is 17.1 Å². The van der Waals surface area contributed by atoms with Gasteiger partial charge in [0.1, 0.15) is 5.75 Å². The topological polar surface area (TPSA) is 85.7 Å². The first-order chi connectivity index (χ1) is 13.4. The lowest BCUT2D eigenvalue weighted by molar-refractivity contribution is -0.274. The Kier molecular flexibility index (Phi) is 5.83. The average molecular weight is 390 g/mol. The van der Waals surface area contributed by atoms with Gasteiger partial charge in [0.25, 0.3) is 0 Å². The summed E-state index contributed by atoms with van der Waals surface area (Å²) in [5, 5.41) is 2.87. The smallest absolute Gasteiger partial charge is 0.439 e. The average Bonchev–Trinajstić information content (AvgIpc) is 3.14. The number of guanidine groups is 1. The van der Waals surface area contributed by atoms with E-state index >= 15 is 0 Å². The highest BCUT2D eigenvalue weighted by Gasteiger charge is 2.30. The molecular formula is C19H17F3N4O2. The summed E-state index contributed by atoms with van der Waals surface area (Å²) in [6, 6.07) is 15.0. The summed E-state index contributed by atoms with van der Waals surface area (Å²) in [5.41, 5.74) is 7.40. The van der Waals surface area contributed by atoms with Crippen LogP contribution in [0.15, 0.2) is 70.2 Å². The van der Waals surface area contributed by atoms with Gasteiger partial charge in [-0.05, 0) is 17.7 Å². The van der Waals surface area contributed by atoms with Crippen LogP contribution in [0.3, 0.4) is 0 Å². The zero-order valence-corrected chi connectivity index (χ0v) is 14.6. The van der Waals surface area contributed by atoms with Gasteiger partial charge in [0, 0.05) is 5.56 Å². The number of hydrogen-bond acceptors (Lipinski definition) is 4. The van der Waals surface area contributed by atoms with Gasteiger partial charge in [-0.3, -0.25) is 0 Å². The van der Waals surface area contributed by atoms with Crippen LogP contribution in [0.1, 0.15) is 11.5 Å². The maximum atomic E-state index is 12.1. The molecule has 0 atom stereocenters. The minimum absolute atomic E-state index is 0.162. The number of hydrogen-bond donors (Lipinski definition) is 2. The Morgan fingerprint density at radius 3 is 2.50 bits per heavy atom. The third-order valence-corrected chi connectivity index (χ3v) is 3.62. The zero-order valence-electron chi connectivity index (χ0n) is 14.6. The van der Waals surface area contributed by atoms with Crippen molar-refractivity contribution in [1.29, 1.82) is 0 Å². The van der Waals surface area contributed by atoms with Crippen LogP contribution in [0.2, 0.25) is 0 Å². The molecule has 3 N–H and O–H groups in total. The summed E-state index contributed by atoms with van der Waals surface area (Å²) in [4.78, 5) is 8.31. The van der Waals surface area contributed by atoms with Crippen LogP contribution < -0.4 is 15.8 Å². The number of oxazole rings is 1. The van der Waals surface area contributed by atoms with Crippen LogP contribution >= 0.6 is 0 Å². The highest BCUT2D eigenvalue weighted by Crippen LogP contribution is 2.23. The van der Waals surface area contributed by atoms with Crippen LogP contribution in [-0.2, 0) is 13.1 Å². The number of benzene rings is 2. The van der Waals surface area contributed by atoms with Crippen LogP contribution in [0.25, 0.3) is 11.3 Å². The molecule has 3 rings (SSSR count). The van der Waals surface area contributed by atoms with Gasteiger partial charge in [0.15, 0.2) is 11.7 Å². The maximum absolute atomic E-state index is 12.1. The van der Waals surface area contributed by atoms with Gasteiger partial charge in [-0.1, -0.05) is 42.5 Å². The van der Waals surface area contributed by atoms with E-state index < -0.39 is 6.36 Å². The number of alkyl halides is 3. The van der Waals surface area contributed by atoms with Gasteiger partial charge < -0.3 is 20.2 Å². The minimum atomic E-state index is -4.71. The summed E-state index contributed by atoms with van der Waals surface area (Å²) in [6.45, 7) is 0.451. The summed E-state index contributed by atoms with van der Waals surface area (Å²) >= 11 is 0. The van der Waals surface area contributed by atoms with Crippen molar-refractivity contribution in [2.24, 2.45) is 10.7 Å². The van der Waals surface area contributed by atoms with Crippen molar-refractivity contribution in [2.75, 3.05) is 0 Å². The Labute approximate surface area is 158 Å². The van der Waals surface area contributed by atoms with Crippen LogP contribution in [-0.4, -0.2) is 17.3 Å². The third-order valence-electron chi connectivity index (χ3n) is 3.62. The largest absolute Gasteiger partial charge is 0.573 e. The number of ether oxygens (including phenoxy) is 1. The minimum Gasteiger partial charge on any atom is -0.439 e. The van der Waals surface area contributed by atoms with E-state index in [2.05, 4.69) is 20.0 Å². The number of nitrogens with one attached hydrogen (secondary N) is 1. The third kappa shape index (κ3) is 5.76. The number of aliphatic imine (C=N–C) groups is 1. The van der Waals surface area contributed by atoms with E-state index in [-0.39, 0.29) is 24.8 Å². The van der Waals surface area contributed by atoms with E-state index in [0.717, 1.165) is 5.56 Å². The molecule has 1 heterocycles. The Balaban J connectivity index is 1.50. The van der Waals surface area contributed by atoms with Crippen LogP contribution in [0.4, 0.5) is 13.2 Å². The first kappa shape index (κ1) is 19.3. The molecule has 1 aromatic heterocycles. The molecule has 0 fully saturated rings. The molecule has 0 spiro atoms. The quantitative estimate of drug-likeness (QED) is 0.493. The Morgan fingerprint density at radius 2 is 1.82 bits per heavy atom. The van der Waals surface area contributed by atoms with Crippen molar-refractivity contribution in [3.63, 3.8) is 0 Å². The monoisotopic (exact) mass is 390 g/mol. The first-order valence-corrected chi connectivity index (χ1v) is 8.28. The fourth-order valence-electron chi connectivity index (χ4n) is 2.32. The summed E-state index contributed by atoms with van der Waals surface area (Å²) in [7, 11) is 0. The maximum Gasteiger partial charge on any atom is 0.573 e. The molecule has 2 aromatic carbocycles. The normalized spacial score (nSPS) is 12.0. The predicted octanol–water partition coefficient (Wildman–Crippen LogP) is 3.84. The fraction of sp³-hybridized carbons (Fsp3) is 0.158. The van der Waals surface area contributed by atoms with Gasteiger partial charge in [-0.25, -0.2) is 9.98 Å². The first-order valence-electron chi connectivity index (χ1n) is 8.28. The Bertz CT molecular complexity index is 922. The fourth-order valence-corrected chi connectivity index (χ4v) is 2.32. The standard InChI is InChI=1S/C19H17F3N4O2/c20-19(21,22)28-15-8-6-13(7-9-15)10-25-18(23)26-12-17-24-11-16(27-17)14-4-2-1-3-5-14/h1-9,11H,10,12H2,(H3,23,25,26). The lowest BCUT2D eigenvalue weighted by atomic mass is 10.2. The van der Waals surface area contributed by atoms with Gasteiger partial charge >= 0.3 is 6.36 Å². The van der Waals surface area contributed by atoms with E-state index in [0.29, 0.717) is 17.2 Å². The highest BCUT2D eigenvalue weighted by molar-refractivity contribution is 5.77. The Morgan fingerprint density at radius 1 is 1.11 bits per heavy atom. The molecule has 0 radical (unpaired) electrons. The van der Waals surface area contributed by atoms with Crippen molar-refractivity contribution < 1.29 is 22.3 Å². The summed E-state index contributed by atoms with van der Waals surface area (Å²) in [6.07, 6.45) is -3.08. The number of nitrogens with zero attached hydrogens (tertiary/aromatic N) is 2. The zero-order chi connectivity index (χ0) is 20.0. The Hall–Kier alpha value is -3.49. The lowest BCUT2D eigenvalue weighted by Gasteiger charge is -2.09. The molecule has 0 aliphatic rings. The van der Waals surface area contributed by atoms with Crippen LogP contribution in [0.5, 0.6) is 5.75 Å². The molecule has 0 aliphatic heterocycles. The second-order valence-corrected chi connectivity index (χ2v) is 5.73. The van der Waals surface area contributed by atoms with Gasteiger partial charge in [-0.2, -0.15) is 0 Å². The van der Waals surface area contributed by atoms with E-state index in [4.69, 9.17) is 10.2 Å². The SMILES string of the molecule is NC(=NCc1ccc(OC(F)(F)F)cc1)NCc1ncc(-c2ccccc2)o1. The van der Waals surface area contributed by atoms with Crippen molar-refractivity contribution in [3.05, 3.63) is 72.2 Å². The lowest BCUT2D eigenvalue weighted by Crippen LogP contribution is -2.31. The molecule has 0 aliphatic carbocycles. The van der Waals surface area contributed by atoms with Gasteiger partial charge in [0.2, 0.25) is 5.89 Å². The number of aromatic nitrogens is 1. The van der Waals surface area contributed by atoms with Crippen molar-refractivity contribution in [2.45, 2.75) is 19.5 Å². The molecule has 9 heteroatoms. The van der Waals surface area contributed by atoms with Crippen LogP contribution in [0, 0.1) is 0 Å². The molecular weight excluding hydrogens is 373 g/mol. The molecule has 3 aromatic rings. The van der Waals surface area contributed by atoms with E-state index in [1.807, 2.05) is 30.3 Å². The van der Waals surface area contributed by atoms with E-state index in [1.54, 1.807) is 6.20 Å². The molecule has 6 nitrogen and oxygen atoms in total. The molecule has 28 heavy (non-hydrogen) atoms. The number of nitrogens with two attached hydrogens (primary N) is 1. The van der Waals surface area contributed by atoms with Gasteiger partial charge in [0.05, 0.1) is 19.3 Å². The molecule has 146 valence electrons. The molecule has 0 unspecified atom stereocenters.